The average molecular weight is 390 g/mol. The van der Waals surface area contributed by atoms with Gasteiger partial charge < -0.3 is 14.0 Å². The molecule has 4 rings (SSSR count). The summed E-state index contributed by atoms with van der Waals surface area (Å²) < 4.78 is 16.1. The third kappa shape index (κ3) is 4.60. The van der Waals surface area contributed by atoms with Crippen LogP contribution < -0.4 is 0 Å². The Morgan fingerprint density at radius 1 is 1.25 bits per heavy atom. The highest BCUT2D eigenvalue weighted by molar-refractivity contribution is 5.21. The zero-order valence-electron chi connectivity index (χ0n) is 16.8. The van der Waals surface area contributed by atoms with E-state index in [4.69, 9.17) is 14.0 Å². The van der Waals surface area contributed by atoms with Gasteiger partial charge in [-0.25, -0.2) is 0 Å². The van der Waals surface area contributed by atoms with Crippen molar-refractivity contribution in [2.45, 2.75) is 44.9 Å². The molecule has 2 unspecified atom stereocenters. The summed E-state index contributed by atoms with van der Waals surface area (Å²) in [5.74, 6) is 1.71. The van der Waals surface area contributed by atoms with Crippen molar-refractivity contribution in [2.75, 3.05) is 46.5 Å². The zero-order chi connectivity index (χ0) is 19.3. The summed E-state index contributed by atoms with van der Waals surface area (Å²) in [6, 6.07) is 0. The molecule has 2 aromatic heterocycles. The first kappa shape index (κ1) is 19.5. The van der Waals surface area contributed by atoms with Crippen LogP contribution in [0.4, 0.5) is 0 Å². The van der Waals surface area contributed by atoms with Crippen molar-refractivity contribution in [1.29, 1.82) is 0 Å². The number of morpholine rings is 1. The number of likely N-dealkylation sites (tertiary alicyclic amines) is 1. The fraction of sp³-hybridized carbons (Fsp3) is 0.737. The Balaban J connectivity index is 1.37. The van der Waals surface area contributed by atoms with E-state index in [9.17, 15) is 0 Å². The summed E-state index contributed by atoms with van der Waals surface area (Å²) in [6.07, 6.45) is 4.15. The summed E-state index contributed by atoms with van der Waals surface area (Å²) >= 11 is 0. The Morgan fingerprint density at radius 3 is 2.93 bits per heavy atom. The number of hydrogen-bond acceptors (Lipinski definition) is 8. The van der Waals surface area contributed by atoms with Crippen LogP contribution in [0.15, 0.2) is 10.7 Å². The van der Waals surface area contributed by atoms with E-state index in [-0.39, 0.29) is 6.10 Å². The van der Waals surface area contributed by atoms with E-state index in [1.807, 2.05) is 13.1 Å². The Hall–Kier alpha value is -1.81. The van der Waals surface area contributed by atoms with Gasteiger partial charge >= 0.3 is 0 Å². The normalized spacial score (nSPS) is 23.1. The largest absolute Gasteiger partial charge is 0.379 e. The predicted octanol–water partition coefficient (Wildman–Crippen LogP) is 1.71. The molecule has 2 aliphatic rings. The summed E-state index contributed by atoms with van der Waals surface area (Å²) in [6.45, 7) is 9.15. The number of nitrogens with zero attached hydrogens (tertiary/aromatic N) is 5. The highest BCUT2D eigenvalue weighted by Gasteiger charge is 2.27. The van der Waals surface area contributed by atoms with Crippen molar-refractivity contribution in [3.05, 3.63) is 29.2 Å². The molecule has 2 aliphatic heterocycles. The molecule has 2 saturated heterocycles. The Labute approximate surface area is 165 Å². The second kappa shape index (κ2) is 9.13. The van der Waals surface area contributed by atoms with Crippen LogP contribution in [0.25, 0.3) is 0 Å². The highest BCUT2D eigenvalue weighted by atomic mass is 16.5. The number of ether oxygens (including phenoxy) is 2. The van der Waals surface area contributed by atoms with Crippen molar-refractivity contribution >= 4 is 0 Å². The van der Waals surface area contributed by atoms with Crippen molar-refractivity contribution < 1.29 is 14.0 Å². The maximum absolute atomic E-state index is 5.46. The lowest BCUT2D eigenvalue weighted by molar-refractivity contribution is 0.0339. The van der Waals surface area contributed by atoms with Crippen LogP contribution in [-0.4, -0.2) is 76.6 Å². The second-order valence-corrected chi connectivity index (χ2v) is 7.70. The topological polar surface area (TPSA) is 92.5 Å². The van der Waals surface area contributed by atoms with E-state index in [0.717, 1.165) is 52.4 Å². The molecule has 4 heterocycles. The standard InChI is InChI=1S/C19H30N6O3/c1-14(26-2)19-21-17(28-23-19)13-25-5-3-4-15(11-25)18-16(10-20-22-18)12-24-6-8-27-9-7-24/h10,14-15H,3-9,11-13H2,1-2H3,(H,20,22). The van der Waals surface area contributed by atoms with Crippen LogP contribution in [-0.2, 0) is 22.6 Å². The SMILES string of the molecule is COC(C)c1noc(CN2CCCC(c3[nH]ncc3CN3CCOCC3)C2)n1. The molecule has 2 fully saturated rings. The molecule has 0 radical (unpaired) electrons. The van der Waals surface area contributed by atoms with E-state index in [1.165, 1.54) is 17.7 Å². The quantitative estimate of drug-likeness (QED) is 0.764. The molecule has 2 aromatic rings. The number of nitrogens with one attached hydrogen (secondary N) is 1. The van der Waals surface area contributed by atoms with E-state index in [2.05, 4.69) is 30.1 Å². The number of H-pyrrole nitrogens is 1. The van der Waals surface area contributed by atoms with Gasteiger partial charge in [0.1, 0.15) is 6.10 Å². The minimum absolute atomic E-state index is 0.153. The third-order valence-corrected chi connectivity index (χ3v) is 5.72. The van der Waals surface area contributed by atoms with Gasteiger partial charge in [-0.3, -0.25) is 14.9 Å². The molecule has 0 bridgehead atoms. The minimum atomic E-state index is -0.153. The monoisotopic (exact) mass is 390 g/mol. The Morgan fingerprint density at radius 2 is 2.11 bits per heavy atom. The smallest absolute Gasteiger partial charge is 0.240 e. The fourth-order valence-electron chi connectivity index (χ4n) is 4.03. The maximum Gasteiger partial charge on any atom is 0.240 e. The van der Waals surface area contributed by atoms with E-state index < -0.39 is 0 Å². The van der Waals surface area contributed by atoms with Gasteiger partial charge in [-0.15, -0.1) is 0 Å². The second-order valence-electron chi connectivity index (χ2n) is 7.70. The summed E-state index contributed by atoms with van der Waals surface area (Å²) in [4.78, 5) is 9.31. The van der Waals surface area contributed by atoms with Gasteiger partial charge in [0, 0.05) is 50.5 Å². The van der Waals surface area contributed by atoms with E-state index in [0.29, 0.717) is 24.2 Å². The fourth-order valence-corrected chi connectivity index (χ4v) is 4.03. The van der Waals surface area contributed by atoms with Crippen LogP contribution in [0, 0.1) is 0 Å². The number of piperidine rings is 1. The van der Waals surface area contributed by atoms with E-state index in [1.54, 1.807) is 7.11 Å². The molecule has 154 valence electrons. The molecule has 0 spiro atoms. The molecule has 9 heteroatoms. The van der Waals surface area contributed by atoms with Crippen LogP contribution in [0.3, 0.4) is 0 Å². The molecular formula is C19H30N6O3. The summed E-state index contributed by atoms with van der Waals surface area (Å²) in [5, 5.41) is 11.7. The average Bonchev–Trinajstić information content (AvgIpc) is 3.38. The number of aromatic amines is 1. The molecule has 0 aliphatic carbocycles. The van der Waals surface area contributed by atoms with Crippen LogP contribution in [0.1, 0.15) is 54.8 Å². The van der Waals surface area contributed by atoms with Crippen LogP contribution in [0.2, 0.25) is 0 Å². The third-order valence-electron chi connectivity index (χ3n) is 5.72. The lowest BCUT2D eigenvalue weighted by Gasteiger charge is -2.32. The summed E-state index contributed by atoms with van der Waals surface area (Å²) in [5.41, 5.74) is 2.58. The van der Waals surface area contributed by atoms with Crippen LogP contribution in [0.5, 0.6) is 0 Å². The molecular weight excluding hydrogens is 360 g/mol. The first-order valence-corrected chi connectivity index (χ1v) is 10.1. The molecule has 0 saturated carbocycles. The lowest BCUT2D eigenvalue weighted by Crippen LogP contribution is -2.37. The van der Waals surface area contributed by atoms with Crippen molar-refractivity contribution in [1.82, 2.24) is 30.1 Å². The number of hydrogen-bond donors (Lipinski definition) is 1. The molecule has 0 amide bonds. The summed E-state index contributed by atoms with van der Waals surface area (Å²) in [7, 11) is 1.65. The van der Waals surface area contributed by atoms with Crippen LogP contribution >= 0.6 is 0 Å². The molecule has 0 aromatic carbocycles. The minimum Gasteiger partial charge on any atom is -0.379 e. The predicted molar refractivity (Wildman–Crippen MR) is 102 cm³/mol. The number of methoxy groups -OCH3 is 1. The van der Waals surface area contributed by atoms with Crippen molar-refractivity contribution in [3.63, 3.8) is 0 Å². The first-order chi connectivity index (χ1) is 13.7. The lowest BCUT2D eigenvalue weighted by atomic mass is 9.92. The van der Waals surface area contributed by atoms with E-state index >= 15 is 0 Å². The molecule has 9 nitrogen and oxygen atoms in total. The van der Waals surface area contributed by atoms with Gasteiger partial charge in [0.05, 0.1) is 26.0 Å². The first-order valence-electron chi connectivity index (χ1n) is 10.1. The van der Waals surface area contributed by atoms with Gasteiger partial charge in [0.25, 0.3) is 0 Å². The molecule has 1 N–H and O–H groups in total. The van der Waals surface area contributed by atoms with Gasteiger partial charge in [-0.2, -0.15) is 10.1 Å². The van der Waals surface area contributed by atoms with Crippen molar-refractivity contribution in [2.24, 2.45) is 0 Å². The molecule has 2 atom stereocenters. The van der Waals surface area contributed by atoms with Gasteiger partial charge in [0.2, 0.25) is 5.89 Å². The highest BCUT2D eigenvalue weighted by Crippen LogP contribution is 2.29. The van der Waals surface area contributed by atoms with Gasteiger partial charge in [0.15, 0.2) is 5.82 Å². The molecule has 28 heavy (non-hydrogen) atoms. The zero-order valence-corrected chi connectivity index (χ0v) is 16.8. The Bertz CT molecular complexity index is 742. The van der Waals surface area contributed by atoms with Crippen molar-refractivity contribution in [3.8, 4) is 0 Å². The van der Waals surface area contributed by atoms with Gasteiger partial charge in [-0.05, 0) is 26.3 Å². The number of aromatic nitrogens is 4. The number of rotatable bonds is 7. The van der Waals surface area contributed by atoms with Gasteiger partial charge in [-0.1, -0.05) is 5.16 Å². The Kier molecular flexibility index (Phi) is 6.36. The maximum atomic E-state index is 5.46.